The number of aryl methyl sites for hydroxylation is 2. The van der Waals surface area contributed by atoms with Crippen molar-refractivity contribution in [1.29, 1.82) is 0 Å². The fraction of sp³-hybridized carbons (Fsp3) is 0.647. The van der Waals surface area contributed by atoms with Crippen LogP contribution < -0.4 is 5.56 Å². The maximum atomic E-state index is 13.2. The molecule has 2 aromatic rings. The first-order chi connectivity index (χ1) is 11.7. The molecule has 0 saturated carbocycles. The third-order valence-corrected chi connectivity index (χ3v) is 6.48. The first-order valence-electron chi connectivity index (χ1n) is 8.53. The van der Waals surface area contributed by atoms with Crippen molar-refractivity contribution < 1.29 is 9.84 Å². The van der Waals surface area contributed by atoms with Gasteiger partial charge in [-0.15, -0.1) is 11.3 Å². The molecule has 0 radical (unpaired) electrons. The molecule has 0 spiro atoms. The van der Waals surface area contributed by atoms with Crippen molar-refractivity contribution in [3.8, 4) is 0 Å². The van der Waals surface area contributed by atoms with Gasteiger partial charge in [-0.05, 0) is 38.2 Å². The minimum atomic E-state index is 0.0585. The van der Waals surface area contributed by atoms with Gasteiger partial charge in [0.05, 0.1) is 18.0 Å². The monoisotopic (exact) mass is 368 g/mol. The summed E-state index contributed by atoms with van der Waals surface area (Å²) in [5, 5.41) is 10.6. The fourth-order valence-electron chi connectivity index (χ4n) is 3.15. The van der Waals surface area contributed by atoms with Gasteiger partial charge in [0, 0.05) is 23.8 Å². The zero-order valence-electron chi connectivity index (χ0n) is 14.2. The first kappa shape index (κ1) is 17.9. The Bertz CT molecular complexity index is 763. The summed E-state index contributed by atoms with van der Waals surface area (Å²) in [6.45, 7) is 5.65. The van der Waals surface area contributed by atoms with Crippen LogP contribution in [0, 0.1) is 6.92 Å². The Morgan fingerprint density at radius 2 is 2.33 bits per heavy atom. The van der Waals surface area contributed by atoms with Crippen molar-refractivity contribution in [3.63, 3.8) is 0 Å². The lowest BCUT2D eigenvalue weighted by molar-refractivity contribution is 0.0937. The Hall–Kier alpha value is -0.890. The molecule has 132 valence electrons. The number of hydrogen-bond acceptors (Lipinski definition) is 6. The van der Waals surface area contributed by atoms with Gasteiger partial charge in [-0.3, -0.25) is 9.36 Å². The van der Waals surface area contributed by atoms with Gasteiger partial charge >= 0.3 is 0 Å². The summed E-state index contributed by atoms with van der Waals surface area (Å²) in [7, 11) is 0. The Kier molecular flexibility index (Phi) is 5.97. The van der Waals surface area contributed by atoms with E-state index in [4.69, 9.17) is 14.8 Å². The molecule has 0 bridgehead atoms. The second kappa shape index (κ2) is 7.99. The van der Waals surface area contributed by atoms with Crippen molar-refractivity contribution >= 4 is 33.3 Å². The average Bonchev–Trinajstić information content (AvgIpc) is 3.18. The Morgan fingerprint density at radius 1 is 1.50 bits per heavy atom. The highest BCUT2D eigenvalue weighted by Gasteiger charge is 2.22. The van der Waals surface area contributed by atoms with Crippen LogP contribution in [0.25, 0.3) is 10.2 Å². The van der Waals surface area contributed by atoms with E-state index in [9.17, 15) is 4.79 Å². The van der Waals surface area contributed by atoms with Crippen molar-refractivity contribution in [2.24, 2.45) is 0 Å². The molecule has 1 N–H and O–H groups in total. The van der Waals surface area contributed by atoms with Crippen LogP contribution >= 0.6 is 23.1 Å². The van der Waals surface area contributed by atoms with Crippen LogP contribution in [0.3, 0.4) is 0 Å². The van der Waals surface area contributed by atoms with E-state index in [1.165, 1.54) is 4.88 Å². The van der Waals surface area contributed by atoms with Gasteiger partial charge in [0.1, 0.15) is 4.83 Å². The number of hydrogen-bond donors (Lipinski definition) is 1. The molecule has 7 heteroatoms. The highest BCUT2D eigenvalue weighted by atomic mass is 32.2. The number of aromatic nitrogens is 2. The second-order valence-electron chi connectivity index (χ2n) is 6.04. The quantitative estimate of drug-likeness (QED) is 0.462. The predicted octanol–water partition coefficient (Wildman–Crippen LogP) is 2.98. The molecule has 1 unspecified atom stereocenters. The van der Waals surface area contributed by atoms with E-state index >= 15 is 0 Å². The number of ether oxygens (including phenoxy) is 1. The molecule has 0 amide bonds. The molecule has 0 aliphatic carbocycles. The largest absolute Gasteiger partial charge is 0.396 e. The highest BCUT2D eigenvalue weighted by Crippen LogP contribution is 2.30. The molecule has 2 aromatic heterocycles. The Morgan fingerprint density at radius 3 is 3.00 bits per heavy atom. The van der Waals surface area contributed by atoms with E-state index in [0.29, 0.717) is 13.0 Å². The van der Waals surface area contributed by atoms with Crippen LogP contribution in [-0.4, -0.2) is 39.7 Å². The molecule has 1 atom stereocenters. The summed E-state index contributed by atoms with van der Waals surface area (Å²) in [6.07, 6.45) is 3.69. The first-order valence-corrected chi connectivity index (χ1v) is 10.3. The standard InChI is InChI=1S/C17H24N2O3S2/c1-3-13-11(2)24-15-14(13)16(21)19(10-12-6-4-8-22-12)17(18-15)23-9-5-7-20/h12,20H,3-10H2,1-2H3. The lowest BCUT2D eigenvalue weighted by Gasteiger charge is -2.16. The van der Waals surface area contributed by atoms with E-state index in [1.54, 1.807) is 27.7 Å². The van der Waals surface area contributed by atoms with Gasteiger partial charge < -0.3 is 9.84 Å². The maximum Gasteiger partial charge on any atom is 0.263 e. The van der Waals surface area contributed by atoms with Crippen molar-refractivity contribution in [2.45, 2.75) is 57.3 Å². The third-order valence-electron chi connectivity index (χ3n) is 4.37. The lowest BCUT2D eigenvalue weighted by atomic mass is 10.1. The minimum Gasteiger partial charge on any atom is -0.396 e. The molecule has 1 saturated heterocycles. The van der Waals surface area contributed by atoms with Crippen LogP contribution in [0.4, 0.5) is 0 Å². The average molecular weight is 369 g/mol. The van der Waals surface area contributed by atoms with Crippen LogP contribution in [0.5, 0.6) is 0 Å². The molecule has 0 aromatic carbocycles. The van der Waals surface area contributed by atoms with E-state index in [1.807, 2.05) is 0 Å². The second-order valence-corrected chi connectivity index (χ2v) is 8.31. The van der Waals surface area contributed by atoms with Gasteiger partial charge in [0.2, 0.25) is 0 Å². The zero-order valence-corrected chi connectivity index (χ0v) is 15.8. The van der Waals surface area contributed by atoms with Crippen molar-refractivity contribution in [3.05, 3.63) is 20.8 Å². The van der Waals surface area contributed by atoms with Crippen LogP contribution in [0.15, 0.2) is 9.95 Å². The summed E-state index contributed by atoms with van der Waals surface area (Å²) < 4.78 is 7.53. The number of rotatable bonds is 7. The van der Waals surface area contributed by atoms with E-state index in [2.05, 4.69) is 13.8 Å². The summed E-state index contributed by atoms with van der Waals surface area (Å²) in [5.74, 6) is 0.755. The number of aliphatic hydroxyl groups excluding tert-OH is 1. The van der Waals surface area contributed by atoms with Gasteiger partial charge in [-0.1, -0.05) is 18.7 Å². The van der Waals surface area contributed by atoms with Gasteiger partial charge in [-0.25, -0.2) is 4.98 Å². The molecule has 3 rings (SSSR count). The highest BCUT2D eigenvalue weighted by molar-refractivity contribution is 7.99. The SMILES string of the molecule is CCc1c(C)sc2nc(SCCCO)n(CC3CCCO3)c(=O)c12. The third kappa shape index (κ3) is 3.54. The number of thiophene rings is 1. The molecule has 1 aliphatic rings. The molecular weight excluding hydrogens is 344 g/mol. The molecular formula is C17H24N2O3S2. The van der Waals surface area contributed by atoms with E-state index in [-0.39, 0.29) is 18.3 Å². The summed E-state index contributed by atoms with van der Waals surface area (Å²) in [4.78, 5) is 20.0. The Balaban J connectivity index is 2.06. The smallest absolute Gasteiger partial charge is 0.263 e. The minimum absolute atomic E-state index is 0.0585. The van der Waals surface area contributed by atoms with Crippen LogP contribution in [0.1, 0.15) is 36.6 Å². The molecule has 24 heavy (non-hydrogen) atoms. The summed E-state index contributed by atoms with van der Waals surface area (Å²) in [6, 6.07) is 0. The molecule has 5 nitrogen and oxygen atoms in total. The van der Waals surface area contributed by atoms with Crippen LogP contribution in [0.2, 0.25) is 0 Å². The van der Waals surface area contributed by atoms with Gasteiger partial charge in [-0.2, -0.15) is 0 Å². The molecule has 1 fully saturated rings. The van der Waals surface area contributed by atoms with Gasteiger partial charge in [0.25, 0.3) is 5.56 Å². The Labute approximate surface area is 150 Å². The lowest BCUT2D eigenvalue weighted by Crippen LogP contribution is -2.29. The molecule has 1 aliphatic heterocycles. The van der Waals surface area contributed by atoms with Crippen LogP contribution in [-0.2, 0) is 17.7 Å². The summed E-state index contributed by atoms with van der Waals surface area (Å²) in [5.41, 5.74) is 1.18. The van der Waals surface area contributed by atoms with Crippen molar-refractivity contribution in [1.82, 2.24) is 9.55 Å². The zero-order chi connectivity index (χ0) is 17.1. The van der Waals surface area contributed by atoms with Gasteiger partial charge in [0.15, 0.2) is 5.16 Å². The topological polar surface area (TPSA) is 64.3 Å². The van der Waals surface area contributed by atoms with Crippen molar-refractivity contribution in [2.75, 3.05) is 19.0 Å². The maximum absolute atomic E-state index is 13.2. The predicted molar refractivity (Wildman–Crippen MR) is 99.4 cm³/mol. The molecule has 3 heterocycles. The normalized spacial score (nSPS) is 17.9. The fourth-order valence-corrected chi connectivity index (χ4v) is 5.24. The van der Waals surface area contributed by atoms with E-state index < -0.39 is 0 Å². The number of nitrogens with zero attached hydrogens (tertiary/aromatic N) is 2. The number of thioether (sulfide) groups is 1. The number of fused-ring (bicyclic) bond motifs is 1. The summed E-state index contributed by atoms with van der Waals surface area (Å²) >= 11 is 3.15. The number of aliphatic hydroxyl groups is 1. The van der Waals surface area contributed by atoms with E-state index in [0.717, 1.165) is 52.6 Å².